The van der Waals surface area contributed by atoms with Crippen LogP contribution in [0.1, 0.15) is 25.3 Å². The van der Waals surface area contributed by atoms with Crippen LogP contribution in [-0.2, 0) is 7.05 Å². The molecule has 0 saturated carbocycles. The summed E-state index contributed by atoms with van der Waals surface area (Å²) in [6.45, 7) is 4.12. The van der Waals surface area contributed by atoms with Gasteiger partial charge in [-0.15, -0.1) is 0 Å². The van der Waals surface area contributed by atoms with Crippen LogP contribution in [0.5, 0.6) is 0 Å². The zero-order valence-corrected chi connectivity index (χ0v) is 9.06. The Labute approximate surface area is 87.9 Å². The van der Waals surface area contributed by atoms with E-state index in [2.05, 4.69) is 24.1 Å². The van der Waals surface area contributed by atoms with Crippen LogP contribution < -0.4 is 5.73 Å². The number of hydrogen-bond donors (Lipinski definition) is 1. The standard InChI is InChI=1S/C10H14N4O/c1-6(2)8-9(13-15-10(8)11)7-4-12-14(3)5-7/h4-6H,11H2,1-3H3. The molecule has 0 saturated heterocycles. The first kappa shape index (κ1) is 9.76. The molecule has 80 valence electrons. The Kier molecular flexibility index (Phi) is 2.22. The quantitative estimate of drug-likeness (QED) is 0.813. The van der Waals surface area contributed by atoms with Crippen LogP contribution in [-0.4, -0.2) is 14.9 Å². The molecule has 2 rings (SSSR count). The van der Waals surface area contributed by atoms with E-state index in [4.69, 9.17) is 10.3 Å². The fourth-order valence-electron chi connectivity index (χ4n) is 1.62. The van der Waals surface area contributed by atoms with E-state index in [0.29, 0.717) is 5.88 Å². The molecular weight excluding hydrogens is 192 g/mol. The van der Waals surface area contributed by atoms with Crippen molar-refractivity contribution in [3.05, 3.63) is 18.0 Å². The van der Waals surface area contributed by atoms with Gasteiger partial charge in [-0.2, -0.15) is 5.10 Å². The molecule has 2 aromatic rings. The summed E-state index contributed by atoms with van der Waals surface area (Å²) in [7, 11) is 1.86. The smallest absolute Gasteiger partial charge is 0.226 e. The zero-order valence-electron chi connectivity index (χ0n) is 9.06. The Hall–Kier alpha value is -1.78. The minimum absolute atomic E-state index is 0.284. The molecule has 15 heavy (non-hydrogen) atoms. The van der Waals surface area contributed by atoms with Gasteiger partial charge in [0, 0.05) is 24.4 Å². The lowest BCUT2D eigenvalue weighted by Gasteiger charge is -2.02. The van der Waals surface area contributed by atoms with E-state index in [1.54, 1.807) is 10.9 Å². The van der Waals surface area contributed by atoms with Gasteiger partial charge in [-0.05, 0) is 5.92 Å². The molecule has 0 aliphatic rings. The monoisotopic (exact) mass is 206 g/mol. The zero-order chi connectivity index (χ0) is 11.0. The van der Waals surface area contributed by atoms with Crippen LogP contribution in [0.25, 0.3) is 11.3 Å². The lowest BCUT2D eigenvalue weighted by atomic mass is 10.0. The summed E-state index contributed by atoms with van der Waals surface area (Å²) in [4.78, 5) is 0. The van der Waals surface area contributed by atoms with Gasteiger partial charge < -0.3 is 10.3 Å². The summed E-state index contributed by atoms with van der Waals surface area (Å²) < 4.78 is 6.74. The highest BCUT2D eigenvalue weighted by Gasteiger charge is 2.18. The second kappa shape index (κ2) is 3.42. The molecule has 0 bridgehead atoms. The van der Waals surface area contributed by atoms with Gasteiger partial charge in [0.1, 0.15) is 5.69 Å². The SMILES string of the molecule is CC(C)c1c(-c2cnn(C)c2)noc1N. The van der Waals surface area contributed by atoms with Crippen molar-refractivity contribution in [3.63, 3.8) is 0 Å². The number of aryl methyl sites for hydroxylation is 1. The van der Waals surface area contributed by atoms with Gasteiger partial charge in [-0.1, -0.05) is 19.0 Å². The first-order chi connectivity index (χ1) is 7.09. The summed E-state index contributed by atoms with van der Waals surface area (Å²) in [5, 5.41) is 8.06. The molecule has 0 aliphatic heterocycles. The van der Waals surface area contributed by atoms with Crippen molar-refractivity contribution in [1.82, 2.24) is 14.9 Å². The van der Waals surface area contributed by atoms with Crippen molar-refractivity contribution in [3.8, 4) is 11.3 Å². The Balaban J connectivity index is 2.53. The van der Waals surface area contributed by atoms with Crippen LogP contribution in [0.4, 0.5) is 5.88 Å². The molecule has 0 atom stereocenters. The molecule has 0 aromatic carbocycles. The van der Waals surface area contributed by atoms with Gasteiger partial charge in [0.15, 0.2) is 0 Å². The van der Waals surface area contributed by atoms with Gasteiger partial charge in [0.05, 0.1) is 6.20 Å². The first-order valence-electron chi connectivity index (χ1n) is 4.83. The van der Waals surface area contributed by atoms with Crippen molar-refractivity contribution in [2.45, 2.75) is 19.8 Å². The third-order valence-electron chi connectivity index (χ3n) is 2.31. The van der Waals surface area contributed by atoms with E-state index in [9.17, 15) is 0 Å². The van der Waals surface area contributed by atoms with Crippen molar-refractivity contribution in [1.29, 1.82) is 0 Å². The summed E-state index contributed by atoms with van der Waals surface area (Å²) in [5.74, 6) is 0.676. The topological polar surface area (TPSA) is 69.9 Å². The maximum Gasteiger partial charge on any atom is 0.226 e. The van der Waals surface area contributed by atoms with Crippen LogP contribution >= 0.6 is 0 Å². The van der Waals surface area contributed by atoms with E-state index in [-0.39, 0.29) is 5.92 Å². The van der Waals surface area contributed by atoms with Crippen molar-refractivity contribution in [2.24, 2.45) is 7.05 Å². The average Bonchev–Trinajstić information content (AvgIpc) is 2.71. The van der Waals surface area contributed by atoms with Crippen LogP contribution in [0.15, 0.2) is 16.9 Å². The fourth-order valence-corrected chi connectivity index (χ4v) is 1.62. The fraction of sp³-hybridized carbons (Fsp3) is 0.400. The second-order valence-corrected chi connectivity index (χ2v) is 3.87. The number of hydrogen-bond acceptors (Lipinski definition) is 4. The molecule has 5 heteroatoms. The number of aromatic nitrogens is 3. The molecule has 0 unspecified atom stereocenters. The molecule has 0 fully saturated rings. The first-order valence-corrected chi connectivity index (χ1v) is 4.83. The number of nitrogen functional groups attached to an aromatic ring is 1. The van der Waals surface area contributed by atoms with Gasteiger partial charge in [0.2, 0.25) is 5.88 Å². The molecule has 2 N–H and O–H groups in total. The van der Waals surface area contributed by atoms with Crippen LogP contribution in [0.2, 0.25) is 0 Å². The largest absolute Gasteiger partial charge is 0.367 e. The van der Waals surface area contributed by atoms with E-state index < -0.39 is 0 Å². The molecule has 0 spiro atoms. The highest BCUT2D eigenvalue weighted by molar-refractivity contribution is 5.66. The van der Waals surface area contributed by atoms with Crippen LogP contribution in [0, 0.1) is 0 Å². The molecular formula is C10H14N4O. The highest BCUT2D eigenvalue weighted by Crippen LogP contribution is 2.32. The third kappa shape index (κ3) is 1.60. The Bertz CT molecular complexity index is 469. The maximum atomic E-state index is 5.73. The summed E-state index contributed by atoms with van der Waals surface area (Å²) in [6, 6.07) is 0. The van der Waals surface area contributed by atoms with E-state index in [1.165, 1.54) is 0 Å². The summed E-state index contributed by atoms with van der Waals surface area (Å²) in [5.41, 5.74) is 8.40. The normalized spacial score (nSPS) is 11.2. The van der Waals surface area contributed by atoms with Crippen molar-refractivity contribution < 1.29 is 4.52 Å². The molecule has 0 amide bonds. The molecule has 2 aromatic heterocycles. The predicted molar refractivity (Wildman–Crippen MR) is 57.2 cm³/mol. The lowest BCUT2D eigenvalue weighted by molar-refractivity contribution is 0.438. The van der Waals surface area contributed by atoms with Crippen LogP contribution in [0.3, 0.4) is 0 Å². The molecule has 5 nitrogen and oxygen atoms in total. The highest BCUT2D eigenvalue weighted by atomic mass is 16.5. The van der Waals surface area contributed by atoms with Gasteiger partial charge in [-0.3, -0.25) is 4.68 Å². The third-order valence-corrected chi connectivity index (χ3v) is 2.31. The lowest BCUT2D eigenvalue weighted by Crippen LogP contribution is -1.94. The minimum atomic E-state index is 0.284. The molecule has 0 aliphatic carbocycles. The maximum absolute atomic E-state index is 5.73. The van der Waals surface area contributed by atoms with Crippen molar-refractivity contribution >= 4 is 5.88 Å². The number of anilines is 1. The van der Waals surface area contributed by atoms with Crippen molar-refractivity contribution in [2.75, 3.05) is 5.73 Å². The molecule has 2 heterocycles. The van der Waals surface area contributed by atoms with Gasteiger partial charge in [-0.25, -0.2) is 0 Å². The minimum Gasteiger partial charge on any atom is -0.367 e. The average molecular weight is 206 g/mol. The second-order valence-electron chi connectivity index (χ2n) is 3.87. The molecule has 0 radical (unpaired) electrons. The van der Waals surface area contributed by atoms with E-state index in [0.717, 1.165) is 16.8 Å². The Morgan fingerprint density at radius 1 is 1.47 bits per heavy atom. The Morgan fingerprint density at radius 3 is 2.73 bits per heavy atom. The van der Waals surface area contributed by atoms with E-state index in [1.807, 2.05) is 13.2 Å². The number of nitrogens with zero attached hydrogens (tertiary/aromatic N) is 3. The Morgan fingerprint density at radius 2 is 2.20 bits per heavy atom. The number of nitrogens with two attached hydrogens (primary N) is 1. The van der Waals surface area contributed by atoms with E-state index >= 15 is 0 Å². The summed E-state index contributed by atoms with van der Waals surface area (Å²) in [6.07, 6.45) is 3.65. The number of rotatable bonds is 2. The van der Waals surface area contributed by atoms with Gasteiger partial charge >= 0.3 is 0 Å². The van der Waals surface area contributed by atoms with Gasteiger partial charge in [0.25, 0.3) is 0 Å². The predicted octanol–water partition coefficient (Wildman–Crippen LogP) is 1.78. The summed E-state index contributed by atoms with van der Waals surface area (Å²) >= 11 is 0.